The molecule has 0 aromatic carbocycles. The summed E-state index contributed by atoms with van der Waals surface area (Å²) in [5, 5.41) is 6.72. The number of nitrogens with one attached hydrogen (secondary N) is 2. The normalized spacial score (nSPS) is 18.9. The summed E-state index contributed by atoms with van der Waals surface area (Å²) in [6, 6.07) is 1.67. The first-order chi connectivity index (χ1) is 9.20. The van der Waals surface area contributed by atoms with Crippen molar-refractivity contribution in [3.05, 3.63) is 22.8 Å². The lowest BCUT2D eigenvalue weighted by Crippen LogP contribution is -2.33. The molecule has 1 aromatic rings. The molecule has 1 saturated heterocycles. The maximum atomic E-state index is 12.1. The third-order valence-electron chi connectivity index (χ3n) is 2.73. The molecule has 0 bridgehead atoms. The SMILES string of the molecule is CNc1cc(C(=O)NCC2CSCCS2)c(Cl)cn1. The van der Waals surface area contributed by atoms with Crippen LogP contribution in [-0.2, 0) is 0 Å². The topological polar surface area (TPSA) is 54.0 Å². The highest BCUT2D eigenvalue weighted by Gasteiger charge is 2.17. The molecule has 2 rings (SSSR count). The van der Waals surface area contributed by atoms with Crippen molar-refractivity contribution in [3.8, 4) is 0 Å². The highest BCUT2D eigenvalue weighted by molar-refractivity contribution is 8.06. The van der Waals surface area contributed by atoms with Crippen molar-refractivity contribution in [1.82, 2.24) is 10.3 Å². The van der Waals surface area contributed by atoms with Crippen molar-refractivity contribution in [3.63, 3.8) is 0 Å². The minimum Gasteiger partial charge on any atom is -0.373 e. The van der Waals surface area contributed by atoms with Crippen LogP contribution in [0.15, 0.2) is 12.3 Å². The molecule has 1 aromatic heterocycles. The maximum absolute atomic E-state index is 12.1. The van der Waals surface area contributed by atoms with E-state index in [-0.39, 0.29) is 5.91 Å². The second-order valence-corrected chi connectivity index (χ2v) is 7.04. The smallest absolute Gasteiger partial charge is 0.253 e. The van der Waals surface area contributed by atoms with Crippen LogP contribution in [0.25, 0.3) is 0 Å². The van der Waals surface area contributed by atoms with Gasteiger partial charge in [-0.3, -0.25) is 4.79 Å². The van der Waals surface area contributed by atoms with Crippen molar-refractivity contribution in [2.75, 3.05) is 36.2 Å². The number of rotatable bonds is 4. The Balaban J connectivity index is 1.95. The number of aromatic nitrogens is 1. The number of hydrogen-bond donors (Lipinski definition) is 2. The molecule has 1 aliphatic rings. The summed E-state index contributed by atoms with van der Waals surface area (Å²) in [5.41, 5.74) is 0.467. The Hall–Kier alpha value is -0.590. The van der Waals surface area contributed by atoms with E-state index in [0.29, 0.717) is 28.2 Å². The Labute approximate surface area is 126 Å². The van der Waals surface area contributed by atoms with E-state index >= 15 is 0 Å². The monoisotopic (exact) mass is 317 g/mol. The lowest BCUT2D eigenvalue weighted by molar-refractivity contribution is 0.0954. The summed E-state index contributed by atoms with van der Waals surface area (Å²) in [4.78, 5) is 16.2. The highest BCUT2D eigenvalue weighted by atomic mass is 35.5. The number of anilines is 1. The maximum Gasteiger partial charge on any atom is 0.253 e. The fourth-order valence-electron chi connectivity index (χ4n) is 1.71. The molecule has 0 spiro atoms. The number of carbonyl (C=O) groups excluding carboxylic acids is 1. The van der Waals surface area contributed by atoms with E-state index in [0.717, 1.165) is 11.5 Å². The zero-order valence-corrected chi connectivity index (χ0v) is 13.0. The highest BCUT2D eigenvalue weighted by Crippen LogP contribution is 2.23. The molecule has 0 saturated carbocycles. The Morgan fingerprint density at radius 3 is 3.11 bits per heavy atom. The van der Waals surface area contributed by atoms with Crippen LogP contribution < -0.4 is 10.6 Å². The van der Waals surface area contributed by atoms with Gasteiger partial charge in [-0.1, -0.05) is 11.6 Å². The van der Waals surface area contributed by atoms with Crippen molar-refractivity contribution in [2.45, 2.75) is 5.25 Å². The second-order valence-electron chi connectivity index (χ2n) is 4.08. The molecule has 7 heteroatoms. The summed E-state index contributed by atoms with van der Waals surface area (Å²) in [7, 11) is 1.76. The van der Waals surface area contributed by atoms with Gasteiger partial charge < -0.3 is 10.6 Å². The van der Waals surface area contributed by atoms with E-state index in [9.17, 15) is 4.79 Å². The van der Waals surface area contributed by atoms with Crippen LogP contribution in [0.4, 0.5) is 5.82 Å². The molecule has 2 N–H and O–H groups in total. The van der Waals surface area contributed by atoms with Crippen molar-refractivity contribution < 1.29 is 4.79 Å². The fourth-order valence-corrected chi connectivity index (χ4v) is 4.51. The fraction of sp³-hybridized carbons (Fsp3) is 0.500. The molecule has 104 valence electrons. The van der Waals surface area contributed by atoms with Gasteiger partial charge in [0.1, 0.15) is 5.82 Å². The van der Waals surface area contributed by atoms with Gasteiger partial charge in [0.15, 0.2) is 0 Å². The standard InChI is InChI=1S/C12H16ClN3OS2/c1-14-11-4-9(10(13)6-15-11)12(17)16-5-8-7-18-2-3-19-8/h4,6,8H,2-3,5,7H2,1H3,(H,14,15)(H,16,17). The van der Waals surface area contributed by atoms with Gasteiger partial charge in [-0.15, -0.1) is 0 Å². The zero-order chi connectivity index (χ0) is 13.7. The van der Waals surface area contributed by atoms with Gasteiger partial charge >= 0.3 is 0 Å². The van der Waals surface area contributed by atoms with E-state index < -0.39 is 0 Å². The quantitative estimate of drug-likeness (QED) is 0.893. The zero-order valence-electron chi connectivity index (χ0n) is 10.6. The number of pyridine rings is 1. The molecule has 2 heterocycles. The van der Waals surface area contributed by atoms with Gasteiger partial charge in [-0.25, -0.2) is 4.98 Å². The van der Waals surface area contributed by atoms with Crippen LogP contribution in [0, 0.1) is 0 Å². The number of halogens is 1. The van der Waals surface area contributed by atoms with Gasteiger partial charge in [-0.2, -0.15) is 23.5 Å². The summed E-state index contributed by atoms with van der Waals surface area (Å²) in [6.07, 6.45) is 1.49. The average molecular weight is 318 g/mol. The first-order valence-corrected chi connectivity index (χ1v) is 8.59. The first kappa shape index (κ1) is 14.8. The number of thioether (sulfide) groups is 2. The Morgan fingerprint density at radius 1 is 1.58 bits per heavy atom. The summed E-state index contributed by atoms with van der Waals surface area (Å²) < 4.78 is 0. The molecule has 1 unspecified atom stereocenters. The largest absolute Gasteiger partial charge is 0.373 e. The lowest BCUT2D eigenvalue weighted by atomic mass is 10.2. The van der Waals surface area contributed by atoms with Gasteiger partial charge in [0, 0.05) is 42.3 Å². The van der Waals surface area contributed by atoms with Gasteiger partial charge in [0.05, 0.1) is 10.6 Å². The first-order valence-electron chi connectivity index (χ1n) is 6.01. The lowest BCUT2D eigenvalue weighted by Gasteiger charge is -2.21. The molecule has 1 amide bonds. The van der Waals surface area contributed by atoms with Crippen LogP contribution in [0.5, 0.6) is 0 Å². The van der Waals surface area contributed by atoms with E-state index in [4.69, 9.17) is 11.6 Å². The van der Waals surface area contributed by atoms with Crippen molar-refractivity contribution in [1.29, 1.82) is 0 Å². The number of amides is 1. The number of nitrogens with zero attached hydrogens (tertiary/aromatic N) is 1. The molecule has 0 radical (unpaired) electrons. The van der Waals surface area contributed by atoms with E-state index in [1.54, 1.807) is 13.1 Å². The Morgan fingerprint density at radius 2 is 2.42 bits per heavy atom. The Kier molecular flexibility index (Phi) is 5.66. The van der Waals surface area contributed by atoms with E-state index in [2.05, 4.69) is 15.6 Å². The average Bonchev–Trinajstić information content (AvgIpc) is 2.46. The molecule has 0 aliphatic carbocycles. The molecule has 1 atom stereocenters. The van der Waals surface area contributed by atoms with Crippen molar-refractivity contribution in [2.24, 2.45) is 0 Å². The van der Waals surface area contributed by atoms with Crippen LogP contribution in [0.3, 0.4) is 0 Å². The molecule has 4 nitrogen and oxygen atoms in total. The van der Waals surface area contributed by atoms with E-state index in [1.807, 2.05) is 23.5 Å². The summed E-state index contributed by atoms with van der Waals surface area (Å²) >= 11 is 9.87. The summed E-state index contributed by atoms with van der Waals surface area (Å²) in [6.45, 7) is 0.685. The summed E-state index contributed by atoms with van der Waals surface area (Å²) in [5.74, 6) is 3.95. The number of carbonyl (C=O) groups is 1. The minimum absolute atomic E-state index is 0.139. The van der Waals surface area contributed by atoms with E-state index in [1.165, 1.54) is 11.9 Å². The predicted octanol–water partition coefficient (Wildman–Crippen LogP) is 2.36. The predicted molar refractivity (Wildman–Crippen MR) is 84.7 cm³/mol. The Bertz CT molecular complexity index is 453. The van der Waals surface area contributed by atoms with Crippen molar-refractivity contribution >= 4 is 46.8 Å². The molecular formula is C12H16ClN3OS2. The van der Waals surface area contributed by atoms with Crippen LogP contribution in [0.2, 0.25) is 5.02 Å². The molecule has 1 fully saturated rings. The third-order valence-corrected chi connectivity index (χ3v) is 5.88. The van der Waals surface area contributed by atoms with Gasteiger partial charge in [0.2, 0.25) is 0 Å². The molecule has 1 aliphatic heterocycles. The van der Waals surface area contributed by atoms with Gasteiger partial charge in [0.25, 0.3) is 5.91 Å². The van der Waals surface area contributed by atoms with Crippen LogP contribution in [-0.4, -0.2) is 47.0 Å². The number of hydrogen-bond acceptors (Lipinski definition) is 5. The molecular weight excluding hydrogens is 302 g/mol. The van der Waals surface area contributed by atoms with Crippen LogP contribution in [0.1, 0.15) is 10.4 Å². The third kappa shape index (κ3) is 4.19. The van der Waals surface area contributed by atoms with Crippen LogP contribution >= 0.6 is 35.1 Å². The second kappa shape index (κ2) is 7.26. The minimum atomic E-state index is -0.139. The molecule has 19 heavy (non-hydrogen) atoms. The van der Waals surface area contributed by atoms with Gasteiger partial charge in [-0.05, 0) is 6.07 Å².